The molecule has 6 heteroatoms. The van der Waals surface area contributed by atoms with E-state index in [9.17, 15) is 0 Å². The minimum Gasteiger partial charge on any atom is -0.367 e. The van der Waals surface area contributed by atoms with Gasteiger partial charge < -0.3 is 15.5 Å². The van der Waals surface area contributed by atoms with Gasteiger partial charge in [-0.15, -0.1) is 5.10 Å². The summed E-state index contributed by atoms with van der Waals surface area (Å²) in [4.78, 5) is 6.51. The highest BCUT2D eigenvalue weighted by atomic mass is 15.3. The Balaban J connectivity index is 1.90. The second-order valence-electron chi connectivity index (χ2n) is 5.18. The number of nitrogens with one attached hydrogen (secondary N) is 2. The fourth-order valence-electron chi connectivity index (χ4n) is 1.85. The highest BCUT2D eigenvalue weighted by molar-refractivity contribution is 5.38. The van der Waals surface area contributed by atoms with E-state index in [4.69, 9.17) is 0 Å². The molecule has 0 aliphatic heterocycles. The molecule has 0 aliphatic carbocycles. The molecule has 112 valence electrons. The van der Waals surface area contributed by atoms with Gasteiger partial charge in [-0.3, -0.25) is 0 Å². The van der Waals surface area contributed by atoms with Crippen LogP contribution in [0.5, 0.6) is 0 Å². The van der Waals surface area contributed by atoms with Gasteiger partial charge in [0.25, 0.3) is 0 Å². The van der Waals surface area contributed by atoms with Crippen LogP contribution in [0.3, 0.4) is 0 Å². The first-order valence-corrected chi connectivity index (χ1v) is 7.02. The summed E-state index contributed by atoms with van der Waals surface area (Å²) in [6.45, 7) is 4.55. The molecule has 0 saturated heterocycles. The summed E-state index contributed by atoms with van der Waals surface area (Å²) in [5, 5.41) is 14.4. The van der Waals surface area contributed by atoms with E-state index in [1.165, 1.54) is 11.1 Å². The van der Waals surface area contributed by atoms with Crippen molar-refractivity contribution in [1.82, 2.24) is 20.1 Å². The first kappa shape index (κ1) is 15.2. The summed E-state index contributed by atoms with van der Waals surface area (Å²) in [6.07, 6.45) is 1.63. The molecule has 1 aromatic carbocycles. The van der Waals surface area contributed by atoms with E-state index < -0.39 is 0 Å². The number of benzene rings is 1. The smallest absolute Gasteiger partial charge is 0.244 e. The predicted molar refractivity (Wildman–Crippen MR) is 85.4 cm³/mol. The van der Waals surface area contributed by atoms with Crippen molar-refractivity contribution in [2.24, 2.45) is 0 Å². The van der Waals surface area contributed by atoms with Gasteiger partial charge in [0.05, 0.1) is 6.20 Å². The second-order valence-corrected chi connectivity index (χ2v) is 5.18. The summed E-state index contributed by atoms with van der Waals surface area (Å²) in [5.74, 6) is 1.27. The van der Waals surface area contributed by atoms with Gasteiger partial charge in [0.1, 0.15) is 0 Å². The second kappa shape index (κ2) is 7.54. The molecule has 0 radical (unpaired) electrons. The Morgan fingerprint density at radius 3 is 2.71 bits per heavy atom. The topological polar surface area (TPSA) is 66.0 Å². The van der Waals surface area contributed by atoms with E-state index in [1.807, 2.05) is 26.2 Å². The number of hydrogen-bond donors (Lipinski definition) is 2. The van der Waals surface area contributed by atoms with Gasteiger partial charge in [0.2, 0.25) is 5.95 Å². The lowest BCUT2D eigenvalue weighted by Crippen LogP contribution is -2.21. The van der Waals surface area contributed by atoms with E-state index in [0.717, 1.165) is 18.9 Å². The number of likely N-dealkylation sites (N-methyl/N-ethyl adjacent to an activating group) is 1. The summed E-state index contributed by atoms with van der Waals surface area (Å²) in [7, 11) is 4.07. The Morgan fingerprint density at radius 2 is 1.95 bits per heavy atom. The maximum absolute atomic E-state index is 4.40. The average molecular weight is 286 g/mol. The van der Waals surface area contributed by atoms with Crippen molar-refractivity contribution in [3.8, 4) is 0 Å². The van der Waals surface area contributed by atoms with Crippen LogP contribution in [-0.4, -0.2) is 47.3 Å². The SMILES string of the molecule is Cc1ccccc1CNc1nncc(NCCN(C)C)n1. The van der Waals surface area contributed by atoms with Crippen LogP contribution in [0.15, 0.2) is 30.5 Å². The number of nitrogens with zero attached hydrogens (tertiary/aromatic N) is 4. The molecule has 1 aromatic heterocycles. The molecule has 0 saturated carbocycles. The van der Waals surface area contributed by atoms with Gasteiger partial charge in [-0.25, -0.2) is 0 Å². The molecule has 2 N–H and O–H groups in total. The van der Waals surface area contributed by atoms with Gasteiger partial charge in [0, 0.05) is 19.6 Å². The highest BCUT2D eigenvalue weighted by Crippen LogP contribution is 2.09. The first-order valence-electron chi connectivity index (χ1n) is 7.02. The summed E-state index contributed by atoms with van der Waals surface area (Å²) >= 11 is 0. The number of hydrogen-bond acceptors (Lipinski definition) is 6. The summed E-state index contributed by atoms with van der Waals surface area (Å²) < 4.78 is 0. The van der Waals surface area contributed by atoms with Gasteiger partial charge >= 0.3 is 0 Å². The zero-order chi connectivity index (χ0) is 15.1. The molecule has 0 fully saturated rings. The van der Waals surface area contributed by atoms with Crippen LogP contribution in [0.2, 0.25) is 0 Å². The number of anilines is 2. The maximum atomic E-state index is 4.40. The monoisotopic (exact) mass is 286 g/mol. The van der Waals surface area contributed by atoms with E-state index in [1.54, 1.807) is 6.20 Å². The highest BCUT2D eigenvalue weighted by Gasteiger charge is 2.02. The largest absolute Gasteiger partial charge is 0.367 e. The van der Waals surface area contributed by atoms with E-state index in [2.05, 4.69) is 49.8 Å². The fraction of sp³-hybridized carbons (Fsp3) is 0.400. The van der Waals surface area contributed by atoms with Crippen LogP contribution in [0.1, 0.15) is 11.1 Å². The predicted octanol–water partition coefficient (Wildman–Crippen LogP) is 1.77. The first-order chi connectivity index (χ1) is 10.1. The Hall–Kier alpha value is -2.21. The molecule has 0 atom stereocenters. The standard InChI is InChI=1S/C15H22N6/c1-12-6-4-5-7-13(12)10-17-15-19-14(11-18-20-15)16-8-9-21(2)3/h4-7,11H,8-10H2,1-3H3,(H2,16,17,19,20). The van der Waals surface area contributed by atoms with Crippen molar-refractivity contribution in [3.05, 3.63) is 41.6 Å². The van der Waals surface area contributed by atoms with Crippen LogP contribution < -0.4 is 10.6 Å². The third-order valence-electron chi connectivity index (χ3n) is 3.12. The Bertz CT molecular complexity index is 570. The molecule has 0 spiro atoms. The maximum Gasteiger partial charge on any atom is 0.244 e. The molecule has 0 aliphatic rings. The molecule has 2 aromatic rings. The summed E-state index contributed by atoms with van der Waals surface area (Å²) in [5.41, 5.74) is 2.48. The van der Waals surface area contributed by atoms with Gasteiger partial charge in [-0.05, 0) is 32.1 Å². The van der Waals surface area contributed by atoms with Crippen LogP contribution in [0, 0.1) is 6.92 Å². The van der Waals surface area contributed by atoms with Gasteiger partial charge in [0.15, 0.2) is 5.82 Å². The zero-order valence-corrected chi connectivity index (χ0v) is 12.8. The molecule has 0 amide bonds. The average Bonchev–Trinajstić information content (AvgIpc) is 2.46. The molecular formula is C15H22N6. The number of aromatic nitrogens is 3. The minimum absolute atomic E-state index is 0.535. The van der Waals surface area contributed by atoms with E-state index in [0.29, 0.717) is 12.5 Å². The molecular weight excluding hydrogens is 264 g/mol. The molecule has 21 heavy (non-hydrogen) atoms. The third kappa shape index (κ3) is 5.00. The zero-order valence-electron chi connectivity index (χ0n) is 12.8. The normalized spacial score (nSPS) is 10.7. The van der Waals surface area contributed by atoms with Crippen LogP contribution in [0.4, 0.5) is 11.8 Å². The van der Waals surface area contributed by atoms with E-state index >= 15 is 0 Å². The van der Waals surface area contributed by atoms with Crippen molar-refractivity contribution >= 4 is 11.8 Å². The van der Waals surface area contributed by atoms with Crippen LogP contribution in [0.25, 0.3) is 0 Å². The van der Waals surface area contributed by atoms with E-state index in [-0.39, 0.29) is 0 Å². The molecule has 0 unspecified atom stereocenters. The summed E-state index contributed by atoms with van der Waals surface area (Å²) in [6, 6.07) is 8.25. The third-order valence-corrected chi connectivity index (χ3v) is 3.12. The van der Waals surface area contributed by atoms with Crippen molar-refractivity contribution < 1.29 is 0 Å². The molecule has 0 bridgehead atoms. The molecule has 2 rings (SSSR count). The van der Waals surface area contributed by atoms with Crippen molar-refractivity contribution in [2.45, 2.75) is 13.5 Å². The molecule has 6 nitrogen and oxygen atoms in total. The number of aryl methyl sites for hydroxylation is 1. The minimum atomic E-state index is 0.535. The van der Waals surface area contributed by atoms with Crippen molar-refractivity contribution in [2.75, 3.05) is 37.8 Å². The lowest BCUT2D eigenvalue weighted by atomic mass is 10.1. The lowest BCUT2D eigenvalue weighted by Gasteiger charge is -2.11. The van der Waals surface area contributed by atoms with Crippen molar-refractivity contribution in [1.29, 1.82) is 0 Å². The van der Waals surface area contributed by atoms with Crippen molar-refractivity contribution in [3.63, 3.8) is 0 Å². The Morgan fingerprint density at radius 1 is 1.14 bits per heavy atom. The van der Waals surface area contributed by atoms with Crippen LogP contribution >= 0.6 is 0 Å². The lowest BCUT2D eigenvalue weighted by molar-refractivity contribution is 0.425. The quantitative estimate of drug-likeness (QED) is 0.808. The van der Waals surface area contributed by atoms with Gasteiger partial charge in [-0.1, -0.05) is 24.3 Å². The number of rotatable bonds is 7. The van der Waals surface area contributed by atoms with Gasteiger partial charge in [-0.2, -0.15) is 10.1 Å². The molecule has 1 heterocycles. The Labute approximate surface area is 125 Å². The Kier molecular flexibility index (Phi) is 5.45. The fourth-order valence-corrected chi connectivity index (χ4v) is 1.85. The van der Waals surface area contributed by atoms with Crippen LogP contribution in [-0.2, 0) is 6.54 Å².